The Kier molecular flexibility index (Phi) is 4.56. The van der Waals surface area contributed by atoms with Crippen LogP contribution in [0.15, 0.2) is 12.1 Å². The Morgan fingerprint density at radius 3 is 2.87 bits per heavy atom. The minimum atomic E-state index is -0.0872. The molecule has 0 spiro atoms. The lowest BCUT2D eigenvalue weighted by Crippen LogP contribution is -2.24. The summed E-state index contributed by atoms with van der Waals surface area (Å²) in [6.07, 6.45) is 2.06. The van der Waals surface area contributed by atoms with Crippen LogP contribution in [0.4, 0.5) is 0 Å². The Morgan fingerprint density at radius 2 is 2.27 bits per heavy atom. The van der Waals surface area contributed by atoms with Gasteiger partial charge in [-0.2, -0.15) is 0 Å². The average Bonchev–Trinajstić information content (AvgIpc) is 2.16. The highest BCUT2D eigenvalue weighted by Crippen LogP contribution is 2.10. The number of unbranched alkanes of at least 4 members (excludes halogenated alkanes) is 1. The van der Waals surface area contributed by atoms with E-state index in [1.165, 1.54) is 0 Å². The lowest BCUT2D eigenvalue weighted by molar-refractivity contribution is 0.0953. The summed E-state index contributed by atoms with van der Waals surface area (Å²) in [4.78, 5) is 15.6. The molecule has 0 unspecified atom stereocenters. The second kappa shape index (κ2) is 5.71. The molecule has 0 atom stereocenters. The van der Waals surface area contributed by atoms with E-state index in [1.54, 1.807) is 12.1 Å². The topological polar surface area (TPSA) is 42.0 Å². The molecule has 15 heavy (non-hydrogen) atoms. The molecule has 4 heteroatoms. The molecule has 1 heterocycles. The lowest BCUT2D eigenvalue weighted by Gasteiger charge is -2.05. The van der Waals surface area contributed by atoms with Gasteiger partial charge in [0.1, 0.15) is 5.15 Å². The van der Waals surface area contributed by atoms with Crippen LogP contribution in [0.1, 0.15) is 35.8 Å². The summed E-state index contributed by atoms with van der Waals surface area (Å²) in [6.45, 7) is 4.60. The number of carbonyl (C=O) groups excluding carboxylic acids is 1. The van der Waals surface area contributed by atoms with E-state index in [1.807, 2.05) is 6.92 Å². The van der Waals surface area contributed by atoms with Crippen LogP contribution in [0, 0.1) is 6.92 Å². The van der Waals surface area contributed by atoms with Gasteiger partial charge in [0.25, 0.3) is 5.91 Å². The molecule has 0 saturated heterocycles. The minimum absolute atomic E-state index is 0.0872. The third-order valence-electron chi connectivity index (χ3n) is 2.00. The first kappa shape index (κ1) is 12.0. The zero-order valence-corrected chi connectivity index (χ0v) is 9.77. The number of aryl methyl sites for hydroxylation is 1. The van der Waals surface area contributed by atoms with Gasteiger partial charge < -0.3 is 5.32 Å². The van der Waals surface area contributed by atoms with Crippen molar-refractivity contribution < 1.29 is 4.79 Å². The van der Waals surface area contributed by atoms with Crippen LogP contribution < -0.4 is 5.32 Å². The summed E-state index contributed by atoms with van der Waals surface area (Å²) in [6, 6.07) is 3.31. The van der Waals surface area contributed by atoms with Crippen molar-refractivity contribution in [2.75, 3.05) is 6.54 Å². The summed E-state index contributed by atoms with van der Waals surface area (Å²) >= 11 is 5.76. The van der Waals surface area contributed by atoms with Gasteiger partial charge in [0.15, 0.2) is 0 Å². The normalized spacial score (nSPS) is 10.1. The number of amides is 1. The Hall–Kier alpha value is -1.09. The van der Waals surface area contributed by atoms with Crippen molar-refractivity contribution in [1.29, 1.82) is 0 Å². The second-order valence-corrected chi connectivity index (χ2v) is 3.82. The van der Waals surface area contributed by atoms with Crippen molar-refractivity contribution in [3.05, 3.63) is 28.5 Å². The smallest absolute Gasteiger partial charge is 0.251 e. The molecule has 1 rings (SSSR count). The largest absolute Gasteiger partial charge is 0.352 e. The maximum Gasteiger partial charge on any atom is 0.251 e. The lowest BCUT2D eigenvalue weighted by atomic mass is 10.2. The zero-order valence-electron chi connectivity index (χ0n) is 9.01. The molecule has 1 aromatic rings. The molecule has 0 aliphatic carbocycles. The van der Waals surface area contributed by atoms with E-state index >= 15 is 0 Å². The molecule has 1 aromatic heterocycles. The average molecular weight is 227 g/mol. The maximum atomic E-state index is 11.6. The quantitative estimate of drug-likeness (QED) is 0.633. The van der Waals surface area contributed by atoms with Gasteiger partial charge in [-0.15, -0.1) is 0 Å². The monoisotopic (exact) mass is 226 g/mol. The third-order valence-corrected chi connectivity index (χ3v) is 2.19. The van der Waals surface area contributed by atoms with E-state index in [0.29, 0.717) is 17.3 Å². The van der Waals surface area contributed by atoms with Crippen LogP contribution in [0.5, 0.6) is 0 Å². The Labute approximate surface area is 94.9 Å². The number of rotatable bonds is 4. The predicted molar refractivity (Wildman–Crippen MR) is 61.2 cm³/mol. The molecule has 3 nitrogen and oxygen atoms in total. The summed E-state index contributed by atoms with van der Waals surface area (Å²) in [7, 11) is 0. The Bertz CT molecular complexity index is 332. The van der Waals surface area contributed by atoms with Crippen LogP contribution in [0.2, 0.25) is 5.15 Å². The fourth-order valence-electron chi connectivity index (χ4n) is 1.24. The number of carbonyl (C=O) groups is 1. The number of nitrogens with zero attached hydrogens (tertiary/aromatic N) is 1. The summed E-state index contributed by atoms with van der Waals surface area (Å²) < 4.78 is 0. The Morgan fingerprint density at radius 1 is 1.53 bits per heavy atom. The van der Waals surface area contributed by atoms with Crippen LogP contribution >= 0.6 is 11.6 Å². The third kappa shape index (κ3) is 3.88. The maximum absolute atomic E-state index is 11.6. The van der Waals surface area contributed by atoms with Crippen molar-refractivity contribution >= 4 is 17.5 Å². The standard InChI is InChI=1S/C11H15ClN2O/c1-3-4-5-13-11(15)9-6-8(2)14-10(12)7-9/h6-7H,3-5H2,1-2H3,(H,13,15). The van der Waals surface area contributed by atoms with Gasteiger partial charge in [-0.05, 0) is 25.5 Å². The van der Waals surface area contributed by atoms with Crippen LogP contribution in [-0.4, -0.2) is 17.4 Å². The number of hydrogen-bond donors (Lipinski definition) is 1. The molecule has 1 amide bonds. The first-order chi connectivity index (χ1) is 7.13. The molecule has 0 bridgehead atoms. The van der Waals surface area contributed by atoms with Gasteiger partial charge in [0, 0.05) is 17.8 Å². The Balaban J connectivity index is 2.65. The summed E-state index contributed by atoms with van der Waals surface area (Å²) in [5.41, 5.74) is 1.33. The number of halogens is 1. The predicted octanol–water partition coefficient (Wildman–Crippen LogP) is 2.57. The number of pyridine rings is 1. The number of nitrogens with one attached hydrogen (secondary N) is 1. The SMILES string of the molecule is CCCCNC(=O)c1cc(C)nc(Cl)c1. The highest BCUT2D eigenvalue weighted by Gasteiger charge is 2.06. The zero-order chi connectivity index (χ0) is 11.3. The molecule has 82 valence electrons. The van der Waals surface area contributed by atoms with Gasteiger partial charge in [-0.3, -0.25) is 4.79 Å². The fraction of sp³-hybridized carbons (Fsp3) is 0.455. The van der Waals surface area contributed by atoms with Crippen molar-refractivity contribution in [2.24, 2.45) is 0 Å². The van der Waals surface area contributed by atoms with Gasteiger partial charge in [-0.25, -0.2) is 4.98 Å². The molecule has 0 aliphatic heterocycles. The first-order valence-corrected chi connectivity index (χ1v) is 5.43. The van der Waals surface area contributed by atoms with E-state index in [-0.39, 0.29) is 5.91 Å². The van der Waals surface area contributed by atoms with E-state index < -0.39 is 0 Å². The van der Waals surface area contributed by atoms with Gasteiger partial charge in [-0.1, -0.05) is 24.9 Å². The van der Waals surface area contributed by atoms with Crippen LogP contribution in [-0.2, 0) is 0 Å². The molecule has 0 aliphatic rings. The highest BCUT2D eigenvalue weighted by molar-refractivity contribution is 6.29. The van der Waals surface area contributed by atoms with Crippen molar-refractivity contribution in [3.63, 3.8) is 0 Å². The molecular weight excluding hydrogens is 212 g/mol. The van der Waals surface area contributed by atoms with E-state index in [0.717, 1.165) is 18.5 Å². The highest BCUT2D eigenvalue weighted by atomic mass is 35.5. The van der Waals surface area contributed by atoms with Crippen LogP contribution in [0.3, 0.4) is 0 Å². The van der Waals surface area contributed by atoms with Gasteiger partial charge in [0.2, 0.25) is 0 Å². The summed E-state index contributed by atoms with van der Waals surface area (Å²) in [5.74, 6) is -0.0872. The fourth-order valence-corrected chi connectivity index (χ4v) is 1.49. The molecule has 0 radical (unpaired) electrons. The number of aromatic nitrogens is 1. The number of hydrogen-bond acceptors (Lipinski definition) is 2. The minimum Gasteiger partial charge on any atom is -0.352 e. The van der Waals surface area contributed by atoms with Crippen molar-refractivity contribution in [2.45, 2.75) is 26.7 Å². The molecular formula is C11H15ClN2O. The van der Waals surface area contributed by atoms with Crippen molar-refractivity contribution in [3.8, 4) is 0 Å². The summed E-state index contributed by atoms with van der Waals surface area (Å²) in [5, 5.41) is 3.19. The van der Waals surface area contributed by atoms with Crippen molar-refractivity contribution in [1.82, 2.24) is 10.3 Å². The molecule has 0 aromatic carbocycles. The molecule has 1 N–H and O–H groups in total. The van der Waals surface area contributed by atoms with E-state index in [2.05, 4.69) is 17.2 Å². The van der Waals surface area contributed by atoms with E-state index in [9.17, 15) is 4.79 Å². The van der Waals surface area contributed by atoms with Crippen LogP contribution in [0.25, 0.3) is 0 Å². The van der Waals surface area contributed by atoms with Gasteiger partial charge >= 0.3 is 0 Å². The molecule has 0 saturated carbocycles. The first-order valence-electron chi connectivity index (χ1n) is 5.06. The molecule has 0 fully saturated rings. The van der Waals surface area contributed by atoms with E-state index in [4.69, 9.17) is 11.6 Å². The second-order valence-electron chi connectivity index (χ2n) is 3.43. The van der Waals surface area contributed by atoms with Gasteiger partial charge in [0.05, 0.1) is 0 Å².